The molecular weight excluding hydrogens is 416 g/mol. The number of amides is 2. The maximum atomic E-state index is 12.9. The van der Waals surface area contributed by atoms with Crippen LogP contribution >= 0.6 is 0 Å². The fourth-order valence-electron chi connectivity index (χ4n) is 5.77. The number of hydrogen-bond acceptors (Lipinski definition) is 6. The molecule has 2 aromatic rings. The van der Waals surface area contributed by atoms with Gasteiger partial charge in [0, 0.05) is 18.6 Å². The summed E-state index contributed by atoms with van der Waals surface area (Å²) >= 11 is 0. The lowest BCUT2D eigenvalue weighted by atomic mass is 9.69. The molecule has 1 aromatic heterocycles. The number of aliphatic hydroxyl groups excluding tert-OH is 1. The molecule has 0 radical (unpaired) electrons. The summed E-state index contributed by atoms with van der Waals surface area (Å²) < 4.78 is 0. The molecule has 3 aliphatic rings. The molecule has 5 rings (SSSR count). The van der Waals surface area contributed by atoms with E-state index in [0.717, 1.165) is 57.3 Å². The van der Waals surface area contributed by atoms with E-state index >= 15 is 0 Å². The summed E-state index contributed by atoms with van der Waals surface area (Å²) in [6.45, 7) is 2.15. The van der Waals surface area contributed by atoms with Crippen molar-refractivity contribution < 1.29 is 9.90 Å². The lowest BCUT2D eigenvalue weighted by molar-refractivity contribution is 0.0658. The van der Waals surface area contributed by atoms with Crippen LogP contribution in [0, 0.1) is 0 Å². The predicted octanol–water partition coefficient (Wildman–Crippen LogP) is 2.74. The van der Waals surface area contributed by atoms with Gasteiger partial charge >= 0.3 is 6.03 Å². The van der Waals surface area contributed by atoms with Gasteiger partial charge in [0.15, 0.2) is 0 Å². The Morgan fingerprint density at radius 3 is 2.27 bits per heavy atom. The zero-order chi connectivity index (χ0) is 23.1. The van der Waals surface area contributed by atoms with Gasteiger partial charge in [0.2, 0.25) is 5.95 Å². The molecule has 3 heterocycles. The maximum absolute atomic E-state index is 12.9. The Hall–Kier alpha value is -2.71. The molecule has 8 heteroatoms. The van der Waals surface area contributed by atoms with Crippen LogP contribution in [0.3, 0.4) is 0 Å². The Labute approximate surface area is 195 Å². The predicted molar refractivity (Wildman–Crippen MR) is 128 cm³/mol. The molecule has 8 nitrogen and oxygen atoms in total. The van der Waals surface area contributed by atoms with Crippen LogP contribution in [-0.4, -0.2) is 71.4 Å². The Morgan fingerprint density at radius 1 is 1.03 bits per heavy atom. The number of benzene rings is 1. The van der Waals surface area contributed by atoms with Crippen molar-refractivity contribution in [1.82, 2.24) is 20.2 Å². The van der Waals surface area contributed by atoms with Crippen LogP contribution in [0.15, 0.2) is 42.7 Å². The number of rotatable bonds is 4. The van der Waals surface area contributed by atoms with Crippen molar-refractivity contribution in [2.75, 3.05) is 43.5 Å². The number of piperidine rings is 1. The zero-order valence-corrected chi connectivity index (χ0v) is 19.6. The van der Waals surface area contributed by atoms with E-state index in [1.54, 1.807) is 17.3 Å². The summed E-state index contributed by atoms with van der Waals surface area (Å²) in [4.78, 5) is 28.2. The number of nitrogens with zero attached hydrogens (tertiary/aromatic N) is 5. The van der Waals surface area contributed by atoms with Gasteiger partial charge in [-0.2, -0.15) is 0 Å². The monoisotopic (exact) mass is 450 g/mol. The zero-order valence-electron chi connectivity index (χ0n) is 19.6. The minimum atomic E-state index is -0.228. The van der Waals surface area contributed by atoms with E-state index in [-0.39, 0.29) is 23.2 Å². The third kappa shape index (κ3) is 4.06. The highest BCUT2D eigenvalue weighted by molar-refractivity contribution is 5.95. The van der Waals surface area contributed by atoms with Gasteiger partial charge in [0.25, 0.3) is 0 Å². The number of urea groups is 1. The normalized spacial score (nSPS) is 28.5. The minimum absolute atomic E-state index is 0.00254. The molecule has 176 valence electrons. The van der Waals surface area contributed by atoms with Crippen LogP contribution in [0.4, 0.5) is 16.4 Å². The first-order chi connectivity index (χ1) is 15.9. The van der Waals surface area contributed by atoms with Crippen molar-refractivity contribution in [3.8, 4) is 0 Å². The summed E-state index contributed by atoms with van der Waals surface area (Å²) in [7, 11) is 4.32. The van der Waals surface area contributed by atoms with Crippen molar-refractivity contribution in [3.05, 3.63) is 48.3 Å². The minimum Gasteiger partial charge on any atom is -0.393 e. The van der Waals surface area contributed by atoms with Crippen LogP contribution < -0.4 is 15.1 Å². The summed E-state index contributed by atoms with van der Waals surface area (Å²) in [5, 5.41) is 13.0. The first kappa shape index (κ1) is 22.1. The van der Waals surface area contributed by atoms with Gasteiger partial charge in [-0.15, -0.1) is 0 Å². The lowest BCUT2D eigenvalue weighted by Gasteiger charge is -2.48. The molecule has 2 amide bonds. The van der Waals surface area contributed by atoms with E-state index < -0.39 is 0 Å². The van der Waals surface area contributed by atoms with Crippen LogP contribution in [0.25, 0.3) is 0 Å². The second-order valence-corrected chi connectivity index (χ2v) is 10.0. The van der Waals surface area contributed by atoms with Crippen molar-refractivity contribution in [2.45, 2.75) is 55.7 Å². The number of carbonyl (C=O) groups is 1. The maximum Gasteiger partial charge on any atom is 0.322 e. The number of nitrogens with one attached hydrogen (secondary N) is 1. The molecule has 2 aliphatic heterocycles. The molecule has 3 fully saturated rings. The smallest absolute Gasteiger partial charge is 0.322 e. The van der Waals surface area contributed by atoms with Crippen LogP contribution in [0.1, 0.15) is 44.1 Å². The van der Waals surface area contributed by atoms with E-state index in [1.165, 1.54) is 5.56 Å². The molecule has 1 saturated carbocycles. The Kier molecular flexibility index (Phi) is 5.74. The summed E-state index contributed by atoms with van der Waals surface area (Å²) in [6.07, 6.45) is 8.59. The van der Waals surface area contributed by atoms with Gasteiger partial charge in [0.05, 0.1) is 36.3 Å². The van der Waals surface area contributed by atoms with Crippen LogP contribution in [-0.2, 0) is 5.54 Å². The second-order valence-electron chi connectivity index (χ2n) is 10.0. The number of hydrogen-bond donors (Lipinski definition) is 2. The fourth-order valence-corrected chi connectivity index (χ4v) is 5.77. The van der Waals surface area contributed by atoms with E-state index in [0.29, 0.717) is 12.5 Å². The first-order valence-electron chi connectivity index (χ1n) is 12.0. The van der Waals surface area contributed by atoms with Gasteiger partial charge in [-0.05, 0) is 58.2 Å². The van der Waals surface area contributed by atoms with Crippen molar-refractivity contribution >= 4 is 17.7 Å². The molecule has 0 unspecified atom stereocenters. The fraction of sp³-hybridized carbons (Fsp3) is 0.560. The van der Waals surface area contributed by atoms with Crippen molar-refractivity contribution in [2.24, 2.45) is 0 Å². The average Bonchev–Trinajstić information content (AvgIpc) is 3.16. The number of aliphatic hydroxyl groups is 1. The SMILES string of the molecule is CN(C)C1(c2ccccc2)CCC2(CC1)CN(c1cnc(N3CCC(O)CC3)nc1)C(=O)N2. The van der Waals surface area contributed by atoms with Crippen LogP contribution in [0.5, 0.6) is 0 Å². The topological polar surface area (TPSA) is 84.8 Å². The average molecular weight is 451 g/mol. The Balaban J connectivity index is 1.28. The lowest BCUT2D eigenvalue weighted by Crippen LogP contribution is -2.54. The van der Waals surface area contributed by atoms with E-state index in [4.69, 9.17) is 0 Å². The molecule has 0 atom stereocenters. The third-order valence-corrected chi connectivity index (χ3v) is 7.96. The van der Waals surface area contributed by atoms with Crippen molar-refractivity contribution in [3.63, 3.8) is 0 Å². The van der Waals surface area contributed by atoms with E-state index in [2.05, 4.69) is 69.5 Å². The molecule has 1 aromatic carbocycles. The standard InChI is InChI=1S/C25H34N6O2/c1-29(2)25(19-6-4-3-5-7-19)12-10-24(11-13-25)18-31(23(33)28-24)20-16-26-22(27-17-20)30-14-8-21(32)9-15-30/h3-7,16-17,21,32H,8-15,18H2,1-2H3,(H,28,33). The van der Waals surface area contributed by atoms with Crippen molar-refractivity contribution in [1.29, 1.82) is 0 Å². The second kappa shape index (κ2) is 8.57. The molecular formula is C25H34N6O2. The molecule has 1 spiro atoms. The summed E-state index contributed by atoms with van der Waals surface area (Å²) in [6, 6.07) is 10.7. The molecule has 2 saturated heterocycles. The Morgan fingerprint density at radius 2 is 1.67 bits per heavy atom. The quantitative estimate of drug-likeness (QED) is 0.745. The summed E-state index contributed by atoms with van der Waals surface area (Å²) in [5.74, 6) is 0.663. The van der Waals surface area contributed by atoms with Gasteiger partial charge in [-0.25, -0.2) is 14.8 Å². The van der Waals surface area contributed by atoms with Gasteiger partial charge < -0.3 is 15.3 Å². The van der Waals surface area contributed by atoms with E-state index in [1.807, 2.05) is 0 Å². The van der Waals surface area contributed by atoms with Gasteiger partial charge in [-0.1, -0.05) is 30.3 Å². The first-order valence-corrected chi connectivity index (χ1v) is 12.0. The van der Waals surface area contributed by atoms with Gasteiger partial charge in [0.1, 0.15) is 0 Å². The number of carbonyl (C=O) groups excluding carboxylic acids is 1. The highest BCUT2D eigenvalue weighted by atomic mass is 16.3. The third-order valence-electron chi connectivity index (χ3n) is 7.96. The highest BCUT2D eigenvalue weighted by Gasteiger charge is 2.50. The van der Waals surface area contributed by atoms with Crippen LogP contribution in [0.2, 0.25) is 0 Å². The number of aromatic nitrogens is 2. The summed E-state index contributed by atoms with van der Waals surface area (Å²) in [5.41, 5.74) is 1.86. The van der Waals surface area contributed by atoms with Gasteiger partial charge in [-0.3, -0.25) is 9.80 Å². The highest BCUT2D eigenvalue weighted by Crippen LogP contribution is 2.46. The number of anilines is 2. The molecule has 1 aliphatic carbocycles. The largest absolute Gasteiger partial charge is 0.393 e. The Bertz CT molecular complexity index is 964. The molecule has 33 heavy (non-hydrogen) atoms. The molecule has 2 N–H and O–H groups in total. The molecule has 0 bridgehead atoms. The van der Waals surface area contributed by atoms with E-state index in [9.17, 15) is 9.90 Å².